The summed E-state index contributed by atoms with van der Waals surface area (Å²) in [5.74, 6) is -4.11. The summed E-state index contributed by atoms with van der Waals surface area (Å²) in [5.41, 5.74) is -0.965. The largest absolute Gasteiger partial charge is 0.507 e. The van der Waals surface area contributed by atoms with Crippen LogP contribution in [0.5, 0.6) is 17.2 Å². The lowest BCUT2D eigenvalue weighted by Gasteiger charge is -2.21. The Balaban J connectivity index is 2.91. The first-order valence-electron chi connectivity index (χ1n) is 5.69. The van der Waals surface area contributed by atoms with Crippen molar-refractivity contribution >= 4 is 23.2 Å². The van der Waals surface area contributed by atoms with E-state index in [1.807, 2.05) is 0 Å². The molecule has 0 aromatic heterocycles. The predicted molar refractivity (Wildman–Crippen MR) is 69.4 cm³/mol. The number of carbonyl (C=O) groups excluding carboxylic acids is 2. The Hall–Kier alpha value is -2.21. The standard InChI is InChI=1S/C13H11ClO6/c1-3-4-8(15)5-6(11(18)9(4)16)10(17)7(14)13(20-2)12(5)19/h15-16,18H,3H2,1-2H3. The number of hydrogen-bond acceptors (Lipinski definition) is 6. The molecular formula is C13H11ClO6. The number of allylic oxidation sites excluding steroid dienone is 2. The average molecular weight is 299 g/mol. The zero-order valence-corrected chi connectivity index (χ0v) is 11.4. The number of halogens is 1. The minimum atomic E-state index is -0.899. The van der Waals surface area contributed by atoms with Crippen molar-refractivity contribution in [2.75, 3.05) is 7.11 Å². The fourth-order valence-corrected chi connectivity index (χ4v) is 2.40. The number of hydrogen-bond donors (Lipinski definition) is 3. The number of ether oxygens (including phenoxy) is 1. The molecule has 7 heteroatoms. The maximum absolute atomic E-state index is 12.2. The van der Waals surface area contributed by atoms with Gasteiger partial charge in [0.2, 0.25) is 11.6 Å². The topological polar surface area (TPSA) is 104 Å². The van der Waals surface area contributed by atoms with E-state index in [2.05, 4.69) is 0 Å². The van der Waals surface area contributed by atoms with Crippen LogP contribution < -0.4 is 0 Å². The molecule has 2 rings (SSSR count). The van der Waals surface area contributed by atoms with Gasteiger partial charge in [0.05, 0.1) is 18.2 Å². The number of methoxy groups -OCH3 is 1. The Kier molecular flexibility index (Phi) is 3.35. The predicted octanol–water partition coefficient (Wildman–Crippen LogP) is 1.84. The monoisotopic (exact) mass is 298 g/mol. The highest BCUT2D eigenvalue weighted by atomic mass is 35.5. The number of Topliss-reactive ketones (excluding diaryl/α,β-unsaturated/α-hetero) is 2. The molecule has 0 amide bonds. The molecule has 0 saturated carbocycles. The van der Waals surface area contributed by atoms with Crippen molar-refractivity contribution < 1.29 is 29.6 Å². The lowest BCUT2D eigenvalue weighted by atomic mass is 9.88. The van der Waals surface area contributed by atoms with Crippen LogP contribution in [0, 0.1) is 0 Å². The van der Waals surface area contributed by atoms with Gasteiger partial charge in [-0.1, -0.05) is 18.5 Å². The number of ketones is 2. The molecule has 0 unspecified atom stereocenters. The molecule has 0 bridgehead atoms. The van der Waals surface area contributed by atoms with Gasteiger partial charge >= 0.3 is 0 Å². The van der Waals surface area contributed by atoms with E-state index in [1.165, 1.54) is 0 Å². The first-order chi connectivity index (χ1) is 9.36. The second-order valence-corrected chi connectivity index (χ2v) is 4.51. The van der Waals surface area contributed by atoms with Gasteiger partial charge in [-0.05, 0) is 6.42 Å². The van der Waals surface area contributed by atoms with Gasteiger partial charge in [0.1, 0.15) is 10.8 Å². The molecule has 20 heavy (non-hydrogen) atoms. The quantitative estimate of drug-likeness (QED) is 0.568. The van der Waals surface area contributed by atoms with Crippen LogP contribution in [0.3, 0.4) is 0 Å². The minimum Gasteiger partial charge on any atom is -0.507 e. The summed E-state index contributed by atoms with van der Waals surface area (Å²) in [6.45, 7) is 1.61. The first kappa shape index (κ1) is 14.2. The zero-order chi connectivity index (χ0) is 15.2. The summed E-state index contributed by atoms with van der Waals surface area (Å²) in [7, 11) is 1.16. The Morgan fingerprint density at radius 3 is 2.05 bits per heavy atom. The second-order valence-electron chi connectivity index (χ2n) is 4.13. The molecule has 0 spiro atoms. The highest BCUT2D eigenvalue weighted by Gasteiger charge is 2.39. The van der Waals surface area contributed by atoms with Crippen LogP contribution in [0.15, 0.2) is 10.8 Å². The average Bonchev–Trinajstić information content (AvgIpc) is 2.41. The van der Waals surface area contributed by atoms with E-state index >= 15 is 0 Å². The van der Waals surface area contributed by atoms with Crippen LogP contribution in [0.2, 0.25) is 0 Å². The number of benzene rings is 1. The van der Waals surface area contributed by atoms with Gasteiger partial charge in [-0.3, -0.25) is 9.59 Å². The van der Waals surface area contributed by atoms with Gasteiger partial charge in [-0.15, -0.1) is 0 Å². The lowest BCUT2D eigenvalue weighted by molar-refractivity contribution is 0.0907. The van der Waals surface area contributed by atoms with Crippen LogP contribution >= 0.6 is 11.6 Å². The highest BCUT2D eigenvalue weighted by molar-refractivity contribution is 6.50. The Morgan fingerprint density at radius 1 is 1.00 bits per heavy atom. The molecule has 0 aliphatic heterocycles. The van der Waals surface area contributed by atoms with E-state index in [9.17, 15) is 24.9 Å². The van der Waals surface area contributed by atoms with Crippen molar-refractivity contribution in [2.24, 2.45) is 0 Å². The SMILES string of the molecule is CCc1c(O)c(O)c2c(c1O)C(=O)C(OC)=C(Cl)C2=O. The van der Waals surface area contributed by atoms with E-state index in [0.717, 1.165) is 7.11 Å². The van der Waals surface area contributed by atoms with E-state index in [0.29, 0.717) is 0 Å². The van der Waals surface area contributed by atoms with Crippen molar-refractivity contribution in [2.45, 2.75) is 13.3 Å². The molecule has 0 atom stereocenters. The van der Waals surface area contributed by atoms with Crippen molar-refractivity contribution in [3.05, 3.63) is 27.5 Å². The maximum atomic E-state index is 12.2. The van der Waals surface area contributed by atoms with Crippen molar-refractivity contribution in [3.63, 3.8) is 0 Å². The number of phenolic OH excluding ortho intramolecular Hbond substituents is 3. The van der Waals surface area contributed by atoms with Crippen molar-refractivity contribution in [1.82, 2.24) is 0 Å². The first-order valence-corrected chi connectivity index (χ1v) is 6.07. The number of carbonyl (C=O) groups is 2. The molecule has 0 saturated heterocycles. The van der Waals surface area contributed by atoms with E-state index in [1.54, 1.807) is 6.92 Å². The molecule has 3 N–H and O–H groups in total. The van der Waals surface area contributed by atoms with Crippen LogP contribution in [0.1, 0.15) is 33.2 Å². The molecule has 0 radical (unpaired) electrons. The summed E-state index contributed by atoms with van der Waals surface area (Å²) in [4.78, 5) is 24.2. The summed E-state index contributed by atoms with van der Waals surface area (Å²) in [6.07, 6.45) is 0.153. The van der Waals surface area contributed by atoms with Crippen LogP contribution in [0.25, 0.3) is 0 Å². The third-order valence-electron chi connectivity index (χ3n) is 3.14. The zero-order valence-electron chi connectivity index (χ0n) is 10.7. The van der Waals surface area contributed by atoms with Crippen molar-refractivity contribution in [3.8, 4) is 17.2 Å². The number of aromatic hydroxyl groups is 3. The molecule has 1 aliphatic rings. The molecular weight excluding hydrogens is 288 g/mol. The molecule has 106 valence electrons. The molecule has 0 heterocycles. The fourth-order valence-electron chi connectivity index (χ4n) is 2.15. The Morgan fingerprint density at radius 2 is 1.55 bits per heavy atom. The van der Waals surface area contributed by atoms with Gasteiger partial charge in [-0.25, -0.2) is 0 Å². The van der Waals surface area contributed by atoms with Crippen LogP contribution in [0.4, 0.5) is 0 Å². The Labute approximate surface area is 118 Å². The molecule has 1 aromatic rings. The van der Waals surface area contributed by atoms with E-state index in [4.69, 9.17) is 16.3 Å². The normalized spacial score (nSPS) is 14.6. The lowest BCUT2D eigenvalue weighted by Crippen LogP contribution is -2.22. The second kappa shape index (κ2) is 4.72. The summed E-state index contributed by atoms with van der Waals surface area (Å²) in [6, 6.07) is 0. The van der Waals surface area contributed by atoms with E-state index < -0.39 is 50.7 Å². The Bertz CT molecular complexity index is 674. The van der Waals surface area contributed by atoms with E-state index in [-0.39, 0.29) is 12.0 Å². The number of phenols is 3. The number of fused-ring (bicyclic) bond motifs is 1. The summed E-state index contributed by atoms with van der Waals surface area (Å²) in [5, 5.41) is 29.2. The number of rotatable bonds is 2. The highest BCUT2D eigenvalue weighted by Crippen LogP contribution is 2.46. The van der Waals surface area contributed by atoms with Gasteiger partial charge in [0, 0.05) is 5.56 Å². The smallest absolute Gasteiger partial charge is 0.233 e. The van der Waals surface area contributed by atoms with Gasteiger partial charge in [0.25, 0.3) is 0 Å². The van der Waals surface area contributed by atoms with Gasteiger partial charge < -0.3 is 20.1 Å². The fraction of sp³-hybridized carbons (Fsp3) is 0.231. The molecule has 0 fully saturated rings. The van der Waals surface area contributed by atoms with Crippen LogP contribution in [-0.4, -0.2) is 34.0 Å². The van der Waals surface area contributed by atoms with Gasteiger partial charge in [0.15, 0.2) is 17.3 Å². The van der Waals surface area contributed by atoms with Gasteiger partial charge in [-0.2, -0.15) is 0 Å². The molecule has 1 aliphatic carbocycles. The summed E-state index contributed by atoms with van der Waals surface area (Å²) < 4.78 is 4.76. The summed E-state index contributed by atoms with van der Waals surface area (Å²) >= 11 is 5.72. The molecule has 6 nitrogen and oxygen atoms in total. The van der Waals surface area contributed by atoms with Crippen LogP contribution in [-0.2, 0) is 11.2 Å². The molecule has 1 aromatic carbocycles. The third kappa shape index (κ3) is 1.65. The van der Waals surface area contributed by atoms with Crippen molar-refractivity contribution in [1.29, 1.82) is 0 Å². The third-order valence-corrected chi connectivity index (χ3v) is 3.48. The maximum Gasteiger partial charge on any atom is 0.233 e. The minimum absolute atomic E-state index is 0.0316.